The average molecular weight is 809 g/mol. The highest BCUT2D eigenvalue weighted by atomic mass is 35.5. The maximum atomic E-state index is 12.9. The highest BCUT2D eigenvalue weighted by Gasteiger charge is 2.29. The van der Waals surface area contributed by atoms with Crippen LogP contribution < -0.4 is 20.9 Å². The van der Waals surface area contributed by atoms with Gasteiger partial charge in [0.1, 0.15) is 22.3 Å². The normalized spacial score (nSPS) is 15.5. The summed E-state index contributed by atoms with van der Waals surface area (Å²) in [6.07, 6.45) is 3.75. The number of nitrogens with one attached hydrogen (secondary N) is 3. The van der Waals surface area contributed by atoms with Gasteiger partial charge in [0, 0.05) is 50.9 Å². The summed E-state index contributed by atoms with van der Waals surface area (Å²) in [4.78, 5) is 44.3. The molecular formula is C40H53ClN8O6S. The summed E-state index contributed by atoms with van der Waals surface area (Å²) in [6, 6.07) is 11.4. The molecule has 5 N–H and O–H groups in total. The number of phenols is 2. The Hall–Kier alpha value is -4.54. The van der Waals surface area contributed by atoms with Crippen LogP contribution in [0, 0.1) is 13.8 Å². The van der Waals surface area contributed by atoms with Crippen molar-refractivity contribution in [3.8, 4) is 11.5 Å². The molecule has 1 aliphatic rings. The first kappa shape index (κ1) is 42.6. The van der Waals surface area contributed by atoms with Gasteiger partial charge in [-0.05, 0) is 76.8 Å². The second-order valence-electron chi connectivity index (χ2n) is 14.5. The summed E-state index contributed by atoms with van der Waals surface area (Å²) in [5.41, 5.74) is 0.778. The van der Waals surface area contributed by atoms with Crippen molar-refractivity contribution in [1.82, 2.24) is 25.2 Å². The molecule has 4 aromatic rings. The van der Waals surface area contributed by atoms with Crippen LogP contribution in [-0.4, -0.2) is 106 Å². The van der Waals surface area contributed by atoms with Crippen molar-refractivity contribution in [2.75, 3.05) is 68.0 Å². The van der Waals surface area contributed by atoms with Gasteiger partial charge in [-0.15, -0.1) is 0 Å². The molecule has 1 saturated heterocycles. The van der Waals surface area contributed by atoms with Crippen molar-refractivity contribution in [1.29, 1.82) is 0 Å². The molecule has 1 aliphatic heterocycles. The number of halogens is 1. The average Bonchev–Trinajstić information content (AvgIpc) is 3.65. The van der Waals surface area contributed by atoms with Gasteiger partial charge >= 0.3 is 0 Å². The number of para-hydroxylation sites is 1. The molecule has 3 heterocycles. The summed E-state index contributed by atoms with van der Waals surface area (Å²) in [5, 5.41) is 29.3. The van der Waals surface area contributed by atoms with Crippen LogP contribution in [0.25, 0.3) is 0 Å². The van der Waals surface area contributed by atoms with Gasteiger partial charge in [-0.2, -0.15) is 0 Å². The minimum absolute atomic E-state index is 0.259. The topological polar surface area (TPSA) is 174 Å². The summed E-state index contributed by atoms with van der Waals surface area (Å²) >= 11 is 7.53. The highest BCUT2D eigenvalue weighted by molar-refractivity contribution is 7.17. The van der Waals surface area contributed by atoms with E-state index in [1.165, 1.54) is 35.7 Å². The minimum Gasteiger partial charge on any atom is -0.504 e. The Morgan fingerprint density at radius 3 is 2.36 bits per heavy atom. The molecule has 0 radical (unpaired) electrons. The van der Waals surface area contributed by atoms with E-state index in [4.69, 9.17) is 26.1 Å². The van der Waals surface area contributed by atoms with Gasteiger partial charge < -0.3 is 40.5 Å². The number of ether oxygens (including phenoxy) is 2. The monoisotopic (exact) mass is 808 g/mol. The van der Waals surface area contributed by atoms with Crippen LogP contribution >= 0.6 is 22.9 Å². The van der Waals surface area contributed by atoms with Crippen LogP contribution in [0.2, 0.25) is 5.02 Å². The van der Waals surface area contributed by atoms with Crippen LogP contribution in [0.4, 0.5) is 22.5 Å². The first-order valence-electron chi connectivity index (χ1n) is 18.9. The van der Waals surface area contributed by atoms with Crippen molar-refractivity contribution >= 4 is 57.2 Å². The van der Waals surface area contributed by atoms with Crippen LogP contribution in [-0.2, 0) is 9.47 Å². The number of carbonyl (C=O) groups excluding carboxylic acids is 2. The van der Waals surface area contributed by atoms with E-state index in [9.17, 15) is 19.8 Å². The molecule has 14 nitrogen and oxygen atoms in total. The van der Waals surface area contributed by atoms with E-state index in [1.807, 2.05) is 45.9 Å². The number of rotatable bonds is 18. The van der Waals surface area contributed by atoms with Crippen molar-refractivity contribution in [2.24, 2.45) is 0 Å². The lowest BCUT2D eigenvalue weighted by Crippen LogP contribution is -2.48. The SMILES string of the molecule is CCC(C)(CCOC(C)(CC)CNC(=O)c1ccc(O)c(O)c1)OCCN1CCN(c2cc(Nc3ncc(C(=O)Nc4c(C)cccc4Cl)s3)nc(C)n2)CC1. The molecule has 2 amide bonds. The van der Waals surface area contributed by atoms with Gasteiger partial charge in [0.25, 0.3) is 11.8 Å². The third-order valence-corrected chi connectivity index (χ3v) is 11.5. The Labute approximate surface area is 337 Å². The summed E-state index contributed by atoms with van der Waals surface area (Å²) in [7, 11) is 0. The predicted octanol–water partition coefficient (Wildman–Crippen LogP) is 6.92. The zero-order valence-electron chi connectivity index (χ0n) is 32.9. The third-order valence-electron chi connectivity index (χ3n) is 10.2. The first-order valence-corrected chi connectivity index (χ1v) is 20.1. The molecule has 2 aromatic heterocycles. The number of benzene rings is 2. The number of aromatic hydroxyl groups is 2. The second-order valence-corrected chi connectivity index (χ2v) is 15.9. The molecule has 2 unspecified atom stereocenters. The standard InChI is InChI=1S/C40H53ClN8O6S/c1-7-39(5,14-20-54-40(6,8-2)25-43-36(52)28-12-13-30(50)31(51)22-28)55-21-19-48-15-17-49(18-16-48)34-23-33(44-27(4)45-34)46-38-42-24-32(56-38)37(53)47-35-26(3)10-9-11-29(35)41/h9-13,22-24,50-51H,7-8,14-21,25H2,1-6H3,(H,43,52)(H,47,53)(H,42,44,45,46). The molecule has 0 bridgehead atoms. The Balaban J connectivity index is 1.05. The van der Waals surface area contributed by atoms with Crippen LogP contribution in [0.5, 0.6) is 11.5 Å². The number of nitrogens with zero attached hydrogens (tertiary/aromatic N) is 5. The number of phenolic OH excluding ortho intramolecular Hbond substituents is 2. The fraction of sp³-hybridized carbons (Fsp3) is 0.475. The van der Waals surface area contributed by atoms with Gasteiger partial charge in [-0.3, -0.25) is 14.5 Å². The van der Waals surface area contributed by atoms with Crippen molar-refractivity contribution in [2.45, 2.75) is 72.0 Å². The smallest absolute Gasteiger partial charge is 0.267 e. The Bertz CT molecular complexity index is 1950. The number of anilines is 4. The lowest BCUT2D eigenvalue weighted by Gasteiger charge is -2.37. The number of amides is 2. The summed E-state index contributed by atoms with van der Waals surface area (Å²) < 4.78 is 12.8. The van der Waals surface area contributed by atoms with Crippen LogP contribution in [0.1, 0.15) is 78.4 Å². The van der Waals surface area contributed by atoms with Gasteiger partial charge in [-0.25, -0.2) is 15.0 Å². The first-order chi connectivity index (χ1) is 26.7. The van der Waals surface area contributed by atoms with Crippen molar-refractivity contribution < 1.29 is 29.3 Å². The third kappa shape index (κ3) is 11.5. The fourth-order valence-corrected chi connectivity index (χ4v) is 7.08. The van der Waals surface area contributed by atoms with Gasteiger partial charge in [0.15, 0.2) is 16.6 Å². The maximum absolute atomic E-state index is 12.9. The zero-order valence-corrected chi connectivity index (χ0v) is 34.5. The molecule has 302 valence electrons. The molecule has 0 spiro atoms. The predicted molar refractivity (Wildman–Crippen MR) is 221 cm³/mol. The van der Waals surface area contributed by atoms with Gasteiger partial charge in [-0.1, -0.05) is 48.9 Å². The molecule has 2 atom stereocenters. The Morgan fingerprint density at radius 2 is 1.66 bits per heavy atom. The van der Waals surface area contributed by atoms with E-state index in [-0.39, 0.29) is 34.5 Å². The molecule has 16 heteroatoms. The van der Waals surface area contributed by atoms with Crippen LogP contribution in [0.3, 0.4) is 0 Å². The maximum Gasteiger partial charge on any atom is 0.267 e. The van der Waals surface area contributed by atoms with E-state index < -0.39 is 5.60 Å². The van der Waals surface area contributed by atoms with Gasteiger partial charge in [0.05, 0.1) is 41.3 Å². The number of thiazole rings is 1. The lowest BCUT2D eigenvalue weighted by molar-refractivity contribution is -0.0894. The Kier molecular flexibility index (Phi) is 14.5. The molecule has 0 aliphatic carbocycles. The molecule has 56 heavy (non-hydrogen) atoms. The van der Waals surface area contributed by atoms with Gasteiger partial charge in [0.2, 0.25) is 0 Å². The number of aryl methyl sites for hydroxylation is 2. The summed E-state index contributed by atoms with van der Waals surface area (Å²) in [5.74, 6) is 0.817. The van der Waals surface area contributed by atoms with Crippen LogP contribution in [0.15, 0.2) is 48.7 Å². The molecule has 5 rings (SSSR count). The molecule has 2 aromatic carbocycles. The number of piperazine rings is 1. The number of aromatic nitrogens is 3. The second kappa shape index (κ2) is 19.1. The number of hydrogen-bond donors (Lipinski definition) is 5. The van der Waals surface area contributed by atoms with Crippen molar-refractivity contribution in [3.05, 3.63) is 75.5 Å². The molecular weight excluding hydrogens is 756 g/mol. The number of hydrogen-bond acceptors (Lipinski definition) is 13. The minimum atomic E-state index is -0.581. The molecule has 0 saturated carbocycles. The van der Waals surface area contributed by atoms with Crippen molar-refractivity contribution in [3.63, 3.8) is 0 Å². The Morgan fingerprint density at radius 1 is 0.929 bits per heavy atom. The lowest BCUT2D eigenvalue weighted by atomic mass is 9.98. The fourth-order valence-electron chi connectivity index (χ4n) is 6.09. The van der Waals surface area contributed by atoms with E-state index in [1.54, 1.807) is 6.07 Å². The largest absolute Gasteiger partial charge is 0.504 e. The molecule has 1 fully saturated rings. The number of carbonyl (C=O) groups is 2. The van der Waals surface area contributed by atoms with E-state index in [0.717, 1.165) is 50.5 Å². The van der Waals surface area contributed by atoms with E-state index in [2.05, 4.69) is 49.6 Å². The van der Waals surface area contributed by atoms with E-state index >= 15 is 0 Å². The zero-order chi connectivity index (χ0) is 40.5. The highest BCUT2D eigenvalue weighted by Crippen LogP contribution is 2.29. The van der Waals surface area contributed by atoms with E-state index in [0.29, 0.717) is 65.0 Å². The quantitative estimate of drug-likeness (QED) is 0.0658. The summed E-state index contributed by atoms with van der Waals surface area (Å²) in [6.45, 7) is 17.5.